The van der Waals surface area contributed by atoms with E-state index in [-0.39, 0.29) is 12.2 Å². The van der Waals surface area contributed by atoms with E-state index in [9.17, 15) is 4.79 Å². The number of carboxylic acids is 1. The molecule has 0 aliphatic heterocycles. The van der Waals surface area contributed by atoms with Crippen molar-refractivity contribution in [3.63, 3.8) is 0 Å². The smallest absolute Gasteiger partial charge is 0.329 e. The van der Waals surface area contributed by atoms with Gasteiger partial charge in [-0.1, -0.05) is 35.3 Å². The van der Waals surface area contributed by atoms with Crippen LogP contribution >= 0.6 is 23.2 Å². The fourth-order valence-corrected chi connectivity index (χ4v) is 4.57. The Morgan fingerprint density at radius 3 is 2.67 bits per heavy atom. The molecule has 9 nitrogen and oxygen atoms in total. The Bertz CT molecular complexity index is 1490. The van der Waals surface area contributed by atoms with Crippen LogP contribution in [0.1, 0.15) is 38.2 Å². The Morgan fingerprint density at radius 1 is 1.10 bits per heavy atom. The van der Waals surface area contributed by atoms with Crippen LogP contribution in [-0.2, 0) is 16.1 Å². The summed E-state index contributed by atoms with van der Waals surface area (Å²) in [5.74, 6) is 0.728. The van der Waals surface area contributed by atoms with Gasteiger partial charge in [0, 0.05) is 17.2 Å². The molecule has 0 radical (unpaired) electrons. The molecule has 0 saturated heterocycles. The Morgan fingerprint density at radius 2 is 1.92 bits per heavy atom. The van der Waals surface area contributed by atoms with E-state index >= 15 is 0 Å². The molecule has 1 fully saturated rings. The fraction of sp³-hybridized carbons (Fsp3) is 0.357. The third-order valence-corrected chi connectivity index (χ3v) is 6.93. The topological polar surface area (TPSA) is 109 Å². The molecular weight excluding hydrogens is 543 g/mol. The van der Waals surface area contributed by atoms with Gasteiger partial charge in [0.15, 0.2) is 11.2 Å². The SMILES string of the molecule is CC1(Oc2ncnc3c2nc(-c2ccc(OCCCCOCC(=O)O)cc2Cl)n3Cc2cccc(Cl)c2)CC1. The van der Waals surface area contributed by atoms with Gasteiger partial charge in [0.25, 0.3) is 0 Å². The van der Waals surface area contributed by atoms with Crippen LogP contribution in [0.2, 0.25) is 10.0 Å². The minimum absolute atomic E-state index is 0.225. The number of unbranched alkanes of at least 4 members (excludes halogenated alkanes) is 1. The summed E-state index contributed by atoms with van der Waals surface area (Å²) in [6, 6.07) is 13.1. The van der Waals surface area contributed by atoms with Crippen LogP contribution in [0.5, 0.6) is 11.6 Å². The van der Waals surface area contributed by atoms with E-state index in [1.807, 2.05) is 41.0 Å². The number of hydrogen-bond donors (Lipinski definition) is 1. The zero-order valence-electron chi connectivity index (χ0n) is 21.4. The second-order valence-corrected chi connectivity index (χ2v) is 10.5. The summed E-state index contributed by atoms with van der Waals surface area (Å²) in [6.07, 6.45) is 4.84. The van der Waals surface area contributed by atoms with Gasteiger partial charge in [-0.3, -0.25) is 0 Å². The van der Waals surface area contributed by atoms with Crippen molar-refractivity contribution in [1.82, 2.24) is 19.5 Å². The number of benzene rings is 2. The normalized spacial score (nSPS) is 13.9. The molecule has 4 aromatic rings. The molecule has 0 atom stereocenters. The average molecular weight is 571 g/mol. The number of ether oxygens (including phenoxy) is 3. The number of hydrogen-bond acceptors (Lipinski definition) is 7. The van der Waals surface area contributed by atoms with Gasteiger partial charge in [0.1, 0.15) is 30.1 Å². The second-order valence-electron chi connectivity index (χ2n) is 9.70. The number of nitrogens with zero attached hydrogens (tertiary/aromatic N) is 4. The molecule has 1 aliphatic carbocycles. The van der Waals surface area contributed by atoms with E-state index < -0.39 is 5.97 Å². The van der Waals surface area contributed by atoms with Crippen molar-refractivity contribution in [3.8, 4) is 23.0 Å². The Labute approximate surface area is 235 Å². The number of aromatic nitrogens is 4. The van der Waals surface area contributed by atoms with Crippen molar-refractivity contribution in [1.29, 1.82) is 0 Å². The molecule has 1 N–H and O–H groups in total. The van der Waals surface area contributed by atoms with Crippen molar-refractivity contribution in [2.75, 3.05) is 19.8 Å². The predicted molar refractivity (Wildman–Crippen MR) is 148 cm³/mol. The maximum Gasteiger partial charge on any atom is 0.329 e. The Balaban J connectivity index is 1.40. The first-order chi connectivity index (χ1) is 18.8. The molecule has 0 bridgehead atoms. The van der Waals surface area contributed by atoms with Gasteiger partial charge in [0.2, 0.25) is 5.88 Å². The minimum Gasteiger partial charge on any atom is -0.494 e. The summed E-state index contributed by atoms with van der Waals surface area (Å²) in [7, 11) is 0. The van der Waals surface area contributed by atoms with E-state index in [0.717, 1.165) is 30.4 Å². The van der Waals surface area contributed by atoms with Crippen LogP contribution in [0.4, 0.5) is 0 Å². The lowest BCUT2D eigenvalue weighted by molar-refractivity contribution is -0.142. The van der Waals surface area contributed by atoms with Gasteiger partial charge in [-0.15, -0.1) is 0 Å². The molecule has 0 unspecified atom stereocenters. The number of fused-ring (bicyclic) bond motifs is 1. The molecule has 11 heteroatoms. The lowest BCUT2D eigenvalue weighted by Gasteiger charge is -2.12. The molecule has 1 saturated carbocycles. The van der Waals surface area contributed by atoms with Crippen LogP contribution in [0.15, 0.2) is 48.8 Å². The van der Waals surface area contributed by atoms with E-state index in [1.54, 1.807) is 6.07 Å². The van der Waals surface area contributed by atoms with Gasteiger partial charge in [-0.05, 0) is 68.5 Å². The maximum absolute atomic E-state index is 10.5. The third kappa shape index (κ3) is 6.79. The minimum atomic E-state index is -0.977. The number of carbonyl (C=O) groups is 1. The van der Waals surface area contributed by atoms with Crippen LogP contribution in [-0.4, -0.2) is 56.0 Å². The van der Waals surface area contributed by atoms with Crippen molar-refractivity contribution in [2.24, 2.45) is 0 Å². The number of aliphatic carboxylic acids is 1. The van der Waals surface area contributed by atoms with Crippen LogP contribution in [0, 0.1) is 0 Å². The number of halogens is 2. The third-order valence-electron chi connectivity index (χ3n) is 6.38. The van der Waals surface area contributed by atoms with Gasteiger partial charge in [-0.2, -0.15) is 4.98 Å². The molecule has 2 aromatic heterocycles. The zero-order chi connectivity index (χ0) is 27.4. The van der Waals surface area contributed by atoms with E-state index in [2.05, 4.69) is 16.9 Å². The van der Waals surface area contributed by atoms with Gasteiger partial charge >= 0.3 is 5.97 Å². The fourth-order valence-electron chi connectivity index (χ4n) is 4.10. The highest BCUT2D eigenvalue weighted by molar-refractivity contribution is 6.33. The standard InChI is InChI=1S/C28H28Cl2N4O5/c1-28(9-10-28)39-27-24-26(31-17-32-27)34(15-18-5-4-6-19(29)13-18)25(33-24)21-8-7-20(14-22(21)30)38-12-3-2-11-37-16-23(35)36/h4-8,13-14,17H,2-3,9-12,15-16H2,1H3,(H,35,36). The van der Waals surface area contributed by atoms with Crippen molar-refractivity contribution < 1.29 is 24.1 Å². The highest BCUT2D eigenvalue weighted by Gasteiger charge is 2.41. The highest BCUT2D eigenvalue weighted by Crippen LogP contribution is 2.41. The molecular formula is C28H28Cl2N4O5. The number of rotatable bonds is 13. The maximum atomic E-state index is 10.5. The van der Waals surface area contributed by atoms with Crippen molar-refractivity contribution >= 4 is 40.3 Å². The van der Waals surface area contributed by atoms with Crippen LogP contribution in [0.25, 0.3) is 22.6 Å². The summed E-state index contributed by atoms with van der Waals surface area (Å²) in [6.45, 7) is 3.06. The highest BCUT2D eigenvalue weighted by atomic mass is 35.5. The molecule has 2 heterocycles. The first-order valence-corrected chi connectivity index (χ1v) is 13.4. The first kappa shape index (κ1) is 27.2. The number of imidazole rings is 1. The number of carboxylic acid groups (broad SMARTS) is 1. The predicted octanol–water partition coefficient (Wildman–Crippen LogP) is 6.04. The van der Waals surface area contributed by atoms with Gasteiger partial charge in [0.05, 0.1) is 18.2 Å². The quantitative estimate of drug-likeness (QED) is 0.194. The molecule has 1 aliphatic rings. The lowest BCUT2D eigenvalue weighted by Crippen LogP contribution is -2.13. The van der Waals surface area contributed by atoms with E-state index in [1.165, 1.54) is 6.33 Å². The Hall–Kier alpha value is -3.40. The average Bonchev–Trinajstić information content (AvgIpc) is 3.51. The molecule has 0 spiro atoms. The summed E-state index contributed by atoms with van der Waals surface area (Å²) in [5, 5.41) is 9.73. The summed E-state index contributed by atoms with van der Waals surface area (Å²) < 4.78 is 19.1. The largest absolute Gasteiger partial charge is 0.494 e. The Kier molecular flexibility index (Phi) is 8.20. The van der Waals surface area contributed by atoms with Crippen LogP contribution in [0.3, 0.4) is 0 Å². The zero-order valence-corrected chi connectivity index (χ0v) is 22.9. The molecule has 2 aromatic carbocycles. The van der Waals surface area contributed by atoms with Crippen molar-refractivity contribution in [3.05, 3.63) is 64.4 Å². The molecule has 0 amide bonds. The second kappa shape index (κ2) is 11.8. The molecule has 5 rings (SSSR count). The summed E-state index contributed by atoms with van der Waals surface area (Å²) in [5.41, 5.74) is 2.69. The monoisotopic (exact) mass is 570 g/mol. The van der Waals surface area contributed by atoms with Gasteiger partial charge in [-0.25, -0.2) is 14.8 Å². The molecule has 39 heavy (non-hydrogen) atoms. The lowest BCUT2D eigenvalue weighted by atomic mass is 10.2. The first-order valence-electron chi connectivity index (χ1n) is 12.7. The van der Waals surface area contributed by atoms with E-state index in [4.69, 9.17) is 47.5 Å². The van der Waals surface area contributed by atoms with Gasteiger partial charge < -0.3 is 23.9 Å². The molecule has 204 valence electrons. The summed E-state index contributed by atoms with van der Waals surface area (Å²) >= 11 is 13.0. The summed E-state index contributed by atoms with van der Waals surface area (Å²) in [4.78, 5) is 24.4. The van der Waals surface area contributed by atoms with E-state index in [0.29, 0.717) is 64.8 Å². The van der Waals surface area contributed by atoms with Crippen molar-refractivity contribution in [2.45, 2.75) is 44.8 Å². The van der Waals surface area contributed by atoms with Crippen LogP contribution < -0.4 is 9.47 Å².